The summed E-state index contributed by atoms with van der Waals surface area (Å²) in [7, 11) is 0. The summed E-state index contributed by atoms with van der Waals surface area (Å²) in [5.41, 5.74) is 3.05. The highest BCUT2D eigenvalue weighted by molar-refractivity contribution is 7.99. The second-order valence-electron chi connectivity index (χ2n) is 6.21. The van der Waals surface area contributed by atoms with Crippen molar-refractivity contribution in [2.45, 2.75) is 25.9 Å². The number of nitrogens with one attached hydrogen (secondary N) is 1. The van der Waals surface area contributed by atoms with Crippen LogP contribution in [0, 0.1) is 13.8 Å². The fourth-order valence-electron chi connectivity index (χ4n) is 2.64. The summed E-state index contributed by atoms with van der Waals surface area (Å²) in [5, 5.41) is 3.88. The molecule has 0 saturated carbocycles. The van der Waals surface area contributed by atoms with Crippen molar-refractivity contribution in [3.05, 3.63) is 59.4 Å². The van der Waals surface area contributed by atoms with Crippen molar-refractivity contribution in [1.29, 1.82) is 0 Å². The van der Waals surface area contributed by atoms with Crippen LogP contribution in [0.5, 0.6) is 0 Å². The maximum atomic E-state index is 12.5. The van der Waals surface area contributed by atoms with Crippen molar-refractivity contribution in [1.82, 2.24) is 9.97 Å². The zero-order valence-corrected chi connectivity index (χ0v) is 18.0. The first kappa shape index (κ1) is 21.0. The van der Waals surface area contributed by atoms with Gasteiger partial charge < -0.3 is 10.1 Å². The number of thioether (sulfide) groups is 1. The van der Waals surface area contributed by atoms with Gasteiger partial charge in [0.15, 0.2) is 5.16 Å². The summed E-state index contributed by atoms with van der Waals surface area (Å²) in [6.45, 7) is 5.80. The summed E-state index contributed by atoms with van der Waals surface area (Å²) < 4.78 is 5.15. The Kier molecular flexibility index (Phi) is 7.00. The second kappa shape index (κ2) is 9.67. The fourth-order valence-corrected chi connectivity index (χ4v) is 4.46. The van der Waals surface area contributed by atoms with Gasteiger partial charge in [0.25, 0.3) is 0 Å². The first-order valence-electron chi connectivity index (χ1n) is 9.07. The van der Waals surface area contributed by atoms with Gasteiger partial charge >= 0.3 is 5.97 Å². The van der Waals surface area contributed by atoms with Gasteiger partial charge in [-0.2, -0.15) is 0 Å². The third kappa shape index (κ3) is 5.65. The maximum absolute atomic E-state index is 12.5. The predicted molar refractivity (Wildman–Crippen MR) is 117 cm³/mol. The molecule has 1 N–H and O–H groups in total. The second-order valence-corrected chi connectivity index (χ2v) is 8.20. The Balaban J connectivity index is 1.76. The molecule has 0 aliphatic heterocycles. The van der Waals surface area contributed by atoms with Gasteiger partial charge in [0, 0.05) is 16.3 Å². The highest BCUT2D eigenvalue weighted by atomic mass is 32.2. The van der Waals surface area contributed by atoms with Gasteiger partial charge in [0.1, 0.15) is 5.00 Å². The lowest BCUT2D eigenvalue weighted by Gasteiger charge is -2.06. The topological polar surface area (TPSA) is 81.2 Å². The van der Waals surface area contributed by atoms with Crippen LogP contribution >= 0.6 is 23.1 Å². The monoisotopic (exact) mass is 427 g/mol. The number of hydrogen-bond acceptors (Lipinski definition) is 7. The van der Waals surface area contributed by atoms with E-state index in [-0.39, 0.29) is 18.3 Å². The maximum Gasteiger partial charge on any atom is 0.341 e. The van der Waals surface area contributed by atoms with E-state index in [2.05, 4.69) is 15.3 Å². The number of aromatic nitrogens is 2. The van der Waals surface area contributed by atoms with Crippen LogP contribution in [0.3, 0.4) is 0 Å². The van der Waals surface area contributed by atoms with Crippen LogP contribution < -0.4 is 5.32 Å². The molecule has 29 heavy (non-hydrogen) atoms. The van der Waals surface area contributed by atoms with Gasteiger partial charge in [-0.15, -0.1) is 11.3 Å². The Hall–Kier alpha value is -2.71. The smallest absolute Gasteiger partial charge is 0.341 e. The molecule has 0 atom stereocenters. The lowest BCUT2D eigenvalue weighted by molar-refractivity contribution is -0.113. The Morgan fingerprint density at radius 3 is 2.45 bits per heavy atom. The molecule has 150 valence electrons. The minimum atomic E-state index is -0.452. The molecule has 0 aliphatic carbocycles. The minimum absolute atomic E-state index is 0.143. The number of esters is 1. The van der Waals surface area contributed by atoms with Gasteiger partial charge in [-0.05, 0) is 38.5 Å². The van der Waals surface area contributed by atoms with E-state index in [1.807, 2.05) is 50.2 Å². The molecule has 0 unspecified atom stereocenters. The molecule has 0 saturated heterocycles. The van der Waals surface area contributed by atoms with Crippen molar-refractivity contribution >= 4 is 40.0 Å². The highest BCUT2D eigenvalue weighted by Crippen LogP contribution is 2.36. The van der Waals surface area contributed by atoms with Crippen molar-refractivity contribution in [3.8, 4) is 10.4 Å². The number of nitrogens with zero attached hydrogens (tertiary/aromatic N) is 2. The molecule has 8 heteroatoms. The Labute approximate surface area is 177 Å². The number of rotatable bonds is 7. The van der Waals surface area contributed by atoms with E-state index in [9.17, 15) is 9.59 Å². The first-order chi connectivity index (χ1) is 14.0. The quantitative estimate of drug-likeness (QED) is 0.334. The van der Waals surface area contributed by atoms with E-state index in [0.717, 1.165) is 21.8 Å². The number of benzene rings is 1. The number of amides is 1. The van der Waals surface area contributed by atoms with Crippen LogP contribution in [0.15, 0.2) is 47.6 Å². The first-order valence-corrected chi connectivity index (χ1v) is 10.9. The molecule has 2 aromatic heterocycles. The zero-order chi connectivity index (χ0) is 20.8. The summed E-state index contributed by atoms with van der Waals surface area (Å²) >= 11 is 2.61. The molecule has 0 fully saturated rings. The molecule has 1 aromatic carbocycles. The number of carbonyl (C=O) groups excluding carboxylic acids is 2. The zero-order valence-electron chi connectivity index (χ0n) is 16.4. The third-order valence-electron chi connectivity index (χ3n) is 3.83. The molecule has 3 aromatic rings. The molecule has 0 spiro atoms. The van der Waals surface area contributed by atoms with E-state index < -0.39 is 5.97 Å². The van der Waals surface area contributed by atoms with Crippen LogP contribution in [0.1, 0.15) is 28.7 Å². The number of aryl methyl sites for hydroxylation is 2. The molecule has 1 amide bonds. The van der Waals surface area contributed by atoms with Crippen LogP contribution in [-0.4, -0.2) is 34.2 Å². The van der Waals surface area contributed by atoms with Gasteiger partial charge in [0.2, 0.25) is 5.91 Å². The van der Waals surface area contributed by atoms with Crippen LogP contribution in [0.2, 0.25) is 0 Å². The lowest BCUT2D eigenvalue weighted by atomic mass is 10.1. The van der Waals surface area contributed by atoms with E-state index in [1.54, 1.807) is 13.0 Å². The molecular formula is C21H21N3O3S2. The van der Waals surface area contributed by atoms with Gasteiger partial charge in [-0.1, -0.05) is 42.1 Å². The summed E-state index contributed by atoms with van der Waals surface area (Å²) in [4.78, 5) is 34.4. The van der Waals surface area contributed by atoms with Crippen LogP contribution in [0.4, 0.5) is 5.00 Å². The molecule has 2 heterocycles. The summed E-state index contributed by atoms with van der Waals surface area (Å²) in [6.07, 6.45) is 0. The fraction of sp³-hybridized carbons (Fsp3) is 0.238. The summed E-state index contributed by atoms with van der Waals surface area (Å²) in [5.74, 6) is -0.541. The normalized spacial score (nSPS) is 10.6. The van der Waals surface area contributed by atoms with E-state index in [0.29, 0.717) is 15.7 Å². The summed E-state index contributed by atoms with van der Waals surface area (Å²) in [6, 6.07) is 13.3. The number of carbonyl (C=O) groups is 2. The predicted octanol–water partition coefficient (Wildman–Crippen LogP) is 4.73. The van der Waals surface area contributed by atoms with Crippen molar-refractivity contribution < 1.29 is 14.3 Å². The van der Waals surface area contributed by atoms with Crippen LogP contribution in [0.25, 0.3) is 10.4 Å². The average Bonchev–Trinajstić information content (AvgIpc) is 3.10. The third-order valence-corrected chi connectivity index (χ3v) is 5.78. The number of thiophene rings is 1. The van der Waals surface area contributed by atoms with Crippen LogP contribution in [-0.2, 0) is 9.53 Å². The molecule has 3 rings (SSSR count). The van der Waals surface area contributed by atoms with E-state index in [4.69, 9.17) is 4.74 Å². The standard InChI is InChI=1S/C21H21N3O3S2/c1-4-27-20(26)16-11-17(15-8-6-5-7-9-15)29-19(16)24-18(25)12-28-21-22-13(2)10-14(3)23-21/h5-11H,4,12H2,1-3H3,(H,24,25). The molecule has 0 radical (unpaired) electrons. The Morgan fingerprint density at radius 1 is 1.10 bits per heavy atom. The Bertz CT molecular complexity index is 999. The van der Waals surface area contributed by atoms with Gasteiger partial charge in [0.05, 0.1) is 17.9 Å². The van der Waals surface area contributed by atoms with Crippen molar-refractivity contribution in [3.63, 3.8) is 0 Å². The molecule has 6 nitrogen and oxygen atoms in total. The van der Waals surface area contributed by atoms with Crippen molar-refractivity contribution in [2.24, 2.45) is 0 Å². The van der Waals surface area contributed by atoms with E-state index >= 15 is 0 Å². The SMILES string of the molecule is CCOC(=O)c1cc(-c2ccccc2)sc1NC(=O)CSc1nc(C)cc(C)n1. The van der Waals surface area contributed by atoms with E-state index in [1.165, 1.54) is 23.1 Å². The lowest BCUT2D eigenvalue weighted by Crippen LogP contribution is -2.16. The molecule has 0 aliphatic rings. The van der Waals surface area contributed by atoms with Gasteiger partial charge in [-0.25, -0.2) is 14.8 Å². The number of ether oxygens (including phenoxy) is 1. The highest BCUT2D eigenvalue weighted by Gasteiger charge is 2.20. The Morgan fingerprint density at radius 2 is 1.79 bits per heavy atom. The largest absolute Gasteiger partial charge is 0.462 e. The van der Waals surface area contributed by atoms with Crippen molar-refractivity contribution in [2.75, 3.05) is 17.7 Å². The average molecular weight is 428 g/mol. The molecular weight excluding hydrogens is 406 g/mol. The minimum Gasteiger partial charge on any atom is -0.462 e. The number of hydrogen-bond donors (Lipinski definition) is 1. The molecule has 0 bridgehead atoms. The van der Waals surface area contributed by atoms with Gasteiger partial charge in [-0.3, -0.25) is 4.79 Å². The number of anilines is 1.